The molecule has 2 aliphatic heterocycles. The average molecular weight is 288 g/mol. The lowest BCUT2D eigenvalue weighted by molar-refractivity contribution is -0.383. The molecule has 7 heteroatoms. The van der Waals surface area contributed by atoms with E-state index in [1.165, 1.54) is 18.9 Å². The van der Waals surface area contributed by atoms with E-state index in [1.54, 1.807) is 12.1 Å². The van der Waals surface area contributed by atoms with Crippen molar-refractivity contribution in [2.45, 2.75) is 43.8 Å². The lowest BCUT2D eigenvalue weighted by Gasteiger charge is -2.29. The molecular weight excluding hydrogens is 272 g/mol. The van der Waals surface area contributed by atoms with Gasteiger partial charge in [-0.05, 0) is 31.7 Å². The first-order chi connectivity index (χ1) is 10.2. The van der Waals surface area contributed by atoms with Gasteiger partial charge in [-0.15, -0.1) is 0 Å². The maximum absolute atomic E-state index is 11.0. The number of nitrogens with one attached hydrogen (secondary N) is 2. The molecule has 0 aliphatic carbocycles. The summed E-state index contributed by atoms with van der Waals surface area (Å²) in [5.41, 5.74) is 0.736. The fraction of sp³-hybridized carbons (Fsp3) is 0.500. The number of fused-ring (bicyclic) bond motifs is 3. The van der Waals surface area contributed by atoms with Crippen molar-refractivity contribution in [3.63, 3.8) is 0 Å². The van der Waals surface area contributed by atoms with E-state index in [9.17, 15) is 10.1 Å². The second-order valence-electron chi connectivity index (χ2n) is 5.85. The first-order valence-corrected chi connectivity index (χ1v) is 7.25. The zero-order valence-electron chi connectivity index (χ0n) is 11.4. The smallest absolute Gasteiger partial charge is 0.298 e. The van der Waals surface area contributed by atoms with E-state index in [2.05, 4.69) is 15.6 Å². The summed E-state index contributed by atoms with van der Waals surface area (Å²) in [5, 5.41) is 17.9. The second-order valence-corrected chi connectivity index (χ2v) is 5.85. The van der Waals surface area contributed by atoms with Gasteiger partial charge in [0, 0.05) is 24.2 Å². The van der Waals surface area contributed by atoms with Crippen molar-refractivity contribution in [2.24, 2.45) is 0 Å². The average Bonchev–Trinajstić information content (AvgIpc) is 3.00. The normalized spacial score (nSPS) is 27.9. The number of anilines is 1. The minimum atomic E-state index is -0.431. The molecule has 2 fully saturated rings. The summed E-state index contributed by atoms with van der Waals surface area (Å²) in [6.45, 7) is 0. The fourth-order valence-corrected chi connectivity index (χ4v) is 3.49. The first-order valence-electron chi connectivity index (χ1n) is 7.25. The highest BCUT2D eigenvalue weighted by molar-refractivity contribution is 5.84. The number of aromatic nitrogens is 1. The van der Waals surface area contributed by atoms with Crippen LogP contribution in [0.2, 0.25) is 0 Å². The van der Waals surface area contributed by atoms with Gasteiger partial charge >= 0.3 is 0 Å². The molecule has 1 aromatic heterocycles. The summed E-state index contributed by atoms with van der Waals surface area (Å²) < 4.78 is 5.61. The number of nitrogens with zero attached hydrogens (tertiary/aromatic N) is 2. The lowest BCUT2D eigenvalue weighted by atomic mass is 10.0. The molecule has 0 spiro atoms. The van der Waals surface area contributed by atoms with Crippen molar-refractivity contribution in [1.82, 2.24) is 10.3 Å². The van der Waals surface area contributed by atoms with Crippen molar-refractivity contribution < 1.29 is 9.34 Å². The number of oxazole rings is 1. The first kappa shape index (κ1) is 12.6. The van der Waals surface area contributed by atoms with E-state index in [-0.39, 0.29) is 5.69 Å². The summed E-state index contributed by atoms with van der Waals surface area (Å²) >= 11 is 0. The molecule has 7 nitrogen and oxygen atoms in total. The number of nitro benzene ring substituents is 1. The van der Waals surface area contributed by atoms with Gasteiger partial charge in [0.15, 0.2) is 11.1 Å². The summed E-state index contributed by atoms with van der Waals surface area (Å²) in [6.07, 6.45) is 4.53. The van der Waals surface area contributed by atoms with Crippen LogP contribution in [0.5, 0.6) is 0 Å². The predicted molar refractivity (Wildman–Crippen MR) is 77.3 cm³/mol. The maximum atomic E-state index is 11.0. The minimum absolute atomic E-state index is 0.0188. The van der Waals surface area contributed by atoms with Crippen LogP contribution in [-0.2, 0) is 0 Å². The van der Waals surface area contributed by atoms with Gasteiger partial charge in [0.1, 0.15) is 0 Å². The highest BCUT2D eigenvalue weighted by Crippen LogP contribution is 2.31. The summed E-state index contributed by atoms with van der Waals surface area (Å²) in [7, 11) is 0. The molecule has 2 saturated heterocycles. The van der Waals surface area contributed by atoms with Crippen LogP contribution in [0.3, 0.4) is 0 Å². The Morgan fingerprint density at radius 1 is 1.33 bits per heavy atom. The molecule has 0 radical (unpaired) electrons. The highest BCUT2D eigenvalue weighted by atomic mass is 16.6. The monoisotopic (exact) mass is 288 g/mol. The van der Waals surface area contributed by atoms with Crippen LogP contribution >= 0.6 is 0 Å². The van der Waals surface area contributed by atoms with Crippen LogP contribution < -0.4 is 10.6 Å². The van der Waals surface area contributed by atoms with Gasteiger partial charge in [0.05, 0.1) is 4.92 Å². The third kappa shape index (κ3) is 2.23. The molecule has 1 aromatic carbocycles. The molecule has 2 unspecified atom stereocenters. The number of nitro groups is 1. The van der Waals surface area contributed by atoms with Gasteiger partial charge < -0.3 is 15.1 Å². The third-order valence-electron chi connectivity index (χ3n) is 4.40. The maximum Gasteiger partial charge on any atom is 0.298 e. The van der Waals surface area contributed by atoms with Crippen LogP contribution in [0.25, 0.3) is 11.1 Å². The molecule has 2 bridgehead atoms. The van der Waals surface area contributed by atoms with Crippen LogP contribution in [-0.4, -0.2) is 28.0 Å². The van der Waals surface area contributed by atoms with Crippen LogP contribution in [0.1, 0.15) is 25.7 Å². The number of hydrogen-bond acceptors (Lipinski definition) is 6. The molecule has 2 N–H and O–H groups in total. The number of hydrogen-bond donors (Lipinski definition) is 2. The zero-order valence-corrected chi connectivity index (χ0v) is 11.4. The number of piperidine rings is 1. The van der Waals surface area contributed by atoms with E-state index in [0.717, 1.165) is 12.8 Å². The van der Waals surface area contributed by atoms with Crippen LogP contribution in [0, 0.1) is 10.1 Å². The Balaban J connectivity index is 1.59. The standard InChI is InChI=1S/C14H16N4O3/c19-18(20)11-2-1-3-12-13(11)17-14(21-12)16-10-6-8-4-5-9(7-10)15-8/h1-3,8-10,15H,4-7H2,(H,16,17). The minimum Gasteiger partial charge on any atom is -0.423 e. The quantitative estimate of drug-likeness (QED) is 0.665. The summed E-state index contributed by atoms with van der Waals surface area (Å²) in [5.74, 6) is 0. The van der Waals surface area contributed by atoms with Gasteiger partial charge in [-0.2, -0.15) is 4.98 Å². The van der Waals surface area contributed by atoms with Gasteiger partial charge in [-0.3, -0.25) is 10.1 Å². The molecule has 0 amide bonds. The van der Waals surface area contributed by atoms with Gasteiger partial charge in [-0.1, -0.05) is 6.07 Å². The zero-order chi connectivity index (χ0) is 14.4. The van der Waals surface area contributed by atoms with E-state index in [4.69, 9.17) is 4.42 Å². The Hall–Kier alpha value is -2.15. The Kier molecular flexibility index (Phi) is 2.81. The van der Waals surface area contributed by atoms with Crippen LogP contribution in [0.15, 0.2) is 22.6 Å². The lowest BCUT2D eigenvalue weighted by Crippen LogP contribution is -2.43. The van der Waals surface area contributed by atoms with E-state index in [1.807, 2.05) is 0 Å². The Bertz CT molecular complexity index is 687. The van der Waals surface area contributed by atoms with E-state index < -0.39 is 4.92 Å². The van der Waals surface area contributed by atoms with Crippen molar-refractivity contribution in [2.75, 3.05) is 5.32 Å². The van der Waals surface area contributed by atoms with Crippen molar-refractivity contribution in [1.29, 1.82) is 0 Å². The second kappa shape index (κ2) is 4.70. The molecule has 2 aliphatic rings. The SMILES string of the molecule is O=[N+]([O-])c1cccc2oc(NC3CC4CCC(C3)N4)nc12. The number of non-ortho nitro benzene ring substituents is 1. The summed E-state index contributed by atoms with van der Waals surface area (Å²) in [6, 6.07) is 6.59. The molecule has 110 valence electrons. The Morgan fingerprint density at radius 3 is 2.81 bits per heavy atom. The predicted octanol–water partition coefficient (Wildman–Crippen LogP) is 2.43. The summed E-state index contributed by atoms with van der Waals surface area (Å²) in [4.78, 5) is 14.8. The molecule has 0 saturated carbocycles. The van der Waals surface area contributed by atoms with Crippen molar-refractivity contribution in [3.8, 4) is 0 Å². The largest absolute Gasteiger partial charge is 0.423 e. The van der Waals surface area contributed by atoms with Gasteiger partial charge in [0.25, 0.3) is 11.7 Å². The molecule has 4 rings (SSSR count). The van der Waals surface area contributed by atoms with E-state index in [0.29, 0.717) is 35.2 Å². The molecular formula is C14H16N4O3. The topological polar surface area (TPSA) is 93.2 Å². The molecule has 21 heavy (non-hydrogen) atoms. The highest BCUT2D eigenvalue weighted by Gasteiger charge is 2.34. The number of benzene rings is 1. The number of para-hydroxylation sites is 1. The number of rotatable bonds is 3. The van der Waals surface area contributed by atoms with Gasteiger partial charge in [-0.25, -0.2) is 0 Å². The Labute approximate surface area is 120 Å². The van der Waals surface area contributed by atoms with Crippen LogP contribution in [0.4, 0.5) is 11.7 Å². The van der Waals surface area contributed by atoms with Gasteiger partial charge in [0.2, 0.25) is 0 Å². The molecule has 2 aromatic rings. The fourth-order valence-electron chi connectivity index (χ4n) is 3.49. The molecule has 2 atom stereocenters. The molecule has 3 heterocycles. The van der Waals surface area contributed by atoms with Crippen molar-refractivity contribution in [3.05, 3.63) is 28.3 Å². The Morgan fingerprint density at radius 2 is 2.10 bits per heavy atom. The van der Waals surface area contributed by atoms with Crippen molar-refractivity contribution >= 4 is 22.8 Å². The van der Waals surface area contributed by atoms with E-state index >= 15 is 0 Å². The third-order valence-corrected chi connectivity index (χ3v) is 4.40.